The van der Waals surface area contributed by atoms with E-state index < -0.39 is 23.8 Å². The van der Waals surface area contributed by atoms with E-state index in [1.807, 2.05) is 271 Å². The molecule has 0 spiro atoms. The molecule has 8 aromatic carbocycles. The number of thioether (sulfide) groups is 4. The van der Waals surface area contributed by atoms with E-state index in [0.717, 1.165) is 140 Å². The number of likely N-dealkylation sites (N-methyl/N-ethyl adjacent to an activating group) is 6. The number of para-hydroxylation sites is 6. The van der Waals surface area contributed by atoms with Crippen molar-refractivity contribution in [3.63, 3.8) is 0 Å². The van der Waals surface area contributed by atoms with Gasteiger partial charge in [0.05, 0.1) is 37.6 Å². The van der Waals surface area contributed by atoms with Gasteiger partial charge in [-0.3, -0.25) is 62.9 Å². The lowest BCUT2D eigenvalue weighted by molar-refractivity contribution is -0.669. The fraction of sp³-hybridized carbons (Fsp3) is 0.197. The molecule has 7 amide bonds. The Hall–Kier alpha value is -15.6. The number of barbiturate groups is 1. The van der Waals surface area contributed by atoms with Gasteiger partial charge in [-0.05, 0) is 194 Å². The molecule has 11 aliphatic heterocycles. The summed E-state index contributed by atoms with van der Waals surface area (Å²) in [6, 6.07) is 75.2. The molecular weight excluding hydrogens is 1990 g/mol. The molecule has 0 radical (unpaired) electrons. The second-order valence-electron chi connectivity index (χ2n) is 34.4. The summed E-state index contributed by atoms with van der Waals surface area (Å²) in [6.07, 6.45) is 22.9. The molecule has 0 unspecified atom stereocenters. The fourth-order valence-corrected chi connectivity index (χ4v) is 23.6. The van der Waals surface area contributed by atoms with E-state index >= 15 is 0 Å². The maximum atomic E-state index is 12.8. The number of hydrogen-bond acceptors (Lipinski definition) is 25. The van der Waals surface area contributed by atoms with Crippen molar-refractivity contribution >= 4 is 196 Å². The Balaban J connectivity index is 0.000000125. The van der Waals surface area contributed by atoms with Crippen LogP contribution in [0.5, 0.6) is 5.75 Å². The van der Waals surface area contributed by atoms with Crippen LogP contribution in [0, 0.1) is 0 Å². The Morgan fingerprint density at radius 2 is 1.06 bits per heavy atom. The number of imide groups is 2. The number of urea groups is 1. The molecule has 0 saturated carbocycles. The predicted octanol–water partition coefficient (Wildman–Crippen LogP) is 21.5. The molecule has 9 aromatic rings. The Morgan fingerprint density at radius 3 is 1.71 bits per heavy atom. The number of aliphatic hydroxyl groups excluding tert-OH is 1. The summed E-state index contributed by atoms with van der Waals surface area (Å²) in [6.45, 7) is 23.7. The van der Waals surface area contributed by atoms with Crippen molar-refractivity contribution < 1.29 is 62.4 Å². The van der Waals surface area contributed by atoms with E-state index in [2.05, 4.69) is 92.6 Å². The number of anilines is 4. The van der Waals surface area contributed by atoms with Gasteiger partial charge in [0.1, 0.15) is 38.4 Å². The normalized spacial score (nSPS) is 18.1. The summed E-state index contributed by atoms with van der Waals surface area (Å²) >= 11 is 17.0. The number of Topliss-reactive ketones (excluding diaryl/α,β-unsaturated/α-hetero) is 2. The van der Waals surface area contributed by atoms with Crippen molar-refractivity contribution in [1.82, 2.24) is 34.0 Å². The van der Waals surface area contributed by atoms with Crippen LogP contribution in [0.15, 0.2) is 372 Å². The molecule has 22 rings (SSSR count). The van der Waals surface area contributed by atoms with Crippen LogP contribution in [0.2, 0.25) is 0 Å². The van der Waals surface area contributed by atoms with Crippen LogP contribution < -0.4 is 34.3 Å². The second-order valence-corrected chi connectivity index (χ2v) is 39.6. The summed E-state index contributed by atoms with van der Waals surface area (Å²) in [5.74, 6) is -0.373. The van der Waals surface area contributed by atoms with Crippen molar-refractivity contribution in [1.29, 1.82) is 0 Å². The number of aromatic nitrogens is 2. The molecule has 0 bridgehead atoms. The summed E-state index contributed by atoms with van der Waals surface area (Å²) in [7, 11) is 5.68. The number of thiocarbonyl (C=S) groups is 2. The Morgan fingerprint density at radius 1 is 0.456 bits per heavy atom. The minimum atomic E-state index is -0.623. The van der Waals surface area contributed by atoms with Crippen molar-refractivity contribution in [2.45, 2.75) is 78.6 Å². The number of aryl methyl sites for hydroxylation is 2. The lowest BCUT2D eigenvalue weighted by Crippen LogP contribution is -2.57. The Bertz CT molecular complexity index is 7620. The van der Waals surface area contributed by atoms with Gasteiger partial charge in [-0.25, -0.2) is 9.59 Å². The molecule has 12 heterocycles. The van der Waals surface area contributed by atoms with E-state index in [1.165, 1.54) is 43.4 Å². The van der Waals surface area contributed by atoms with Gasteiger partial charge in [0.15, 0.2) is 21.9 Å². The molecule has 4 saturated heterocycles. The lowest BCUT2D eigenvalue weighted by atomic mass is 9.98. The number of allylic oxidation sites excluding steroid dienone is 11. The maximum absolute atomic E-state index is 12.8. The topological polar surface area (TPSA) is 263 Å². The molecule has 26 nitrogen and oxygen atoms in total. The van der Waals surface area contributed by atoms with Gasteiger partial charge in [0.25, 0.3) is 29.5 Å². The number of nitrogens with zero attached hydrogens (tertiary/aromatic N) is 13. The number of pyridine rings is 2. The molecule has 1 N–H and O–H groups in total. The number of hydrogen-bond donors (Lipinski definition) is 1. The average molecular weight is 2100 g/mol. The molecule has 4 fully saturated rings. The van der Waals surface area contributed by atoms with Crippen molar-refractivity contribution in [3.8, 4) is 16.9 Å². The minimum Gasteiger partial charge on any atom is -0.506 e. The first kappa shape index (κ1) is 106. The number of ether oxygens (including phenoxy) is 1. The molecule has 1 aromatic heterocycles. The van der Waals surface area contributed by atoms with Gasteiger partial charge >= 0.3 is 12.0 Å². The highest BCUT2D eigenvalue weighted by Crippen LogP contribution is 2.48. The van der Waals surface area contributed by atoms with Crippen molar-refractivity contribution in [2.75, 3.05) is 98.4 Å². The largest absolute Gasteiger partial charge is 0.506 e. The minimum absolute atomic E-state index is 0.0723. The van der Waals surface area contributed by atoms with Crippen LogP contribution in [0.4, 0.5) is 27.5 Å². The van der Waals surface area contributed by atoms with E-state index in [4.69, 9.17) is 34.0 Å². The highest BCUT2D eigenvalue weighted by molar-refractivity contribution is 8.27. The number of oxime groups is 1. The highest BCUT2D eigenvalue weighted by Gasteiger charge is 2.47. The summed E-state index contributed by atoms with van der Waals surface area (Å²) in [5.41, 5.74) is 16.4. The first-order valence-corrected chi connectivity index (χ1v) is 53.3. The van der Waals surface area contributed by atoms with E-state index in [0.29, 0.717) is 57.7 Å². The number of fused-ring (bicyclic) bond motifs is 8. The van der Waals surface area contributed by atoms with Gasteiger partial charge in [-0.15, -0.1) is 11.8 Å². The van der Waals surface area contributed by atoms with Gasteiger partial charge in [-0.2, -0.15) is 4.57 Å². The number of benzene rings is 9. The number of amides is 7. The molecule has 0 atom stereocenters. The molecule has 756 valence electrons. The number of carbonyl (C=O) groups is 9. The molecular formula is C117H110N13O13S6+. The predicted molar refractivity (Wildman–Crippen MR) is 605 cm³/mol. The zero-order valence-electron chi connectivity index (χ0n) is 84.3. The third kappa shape index (κ3) is 21.9. The zero-order chi connectivity index (χ0) is 106. The first-order chi connectivity index (χ1) is 72.2. The third-order valence-corrected chi connectivity index (χ3v) is 31.3. The van der Waals surface area contributed by atoms with E-state index in [-0.39, 0.29) is 75.7 Å². The monoisotopic (exact) mass is 2100 g/mol. The number of ketones is 2. The zero-order valence-corrected chi connectivity index (χ0v) is 89.2. The number of aliphatic hydroxyl groups is 1. The lowest BCUT2D eigenvalue weighted by Gasteiger charge is -2.35. The Kier molecular flexibility index (Phi) is 34.2. The first-order valence-electron chi connectivity index (χ1n) is 49.1. The van der Waals surface area contributed by atoms with Crippen LogP contribution in [0.25, 0.3) is 45.0 Å². The van der Waals surface area contributed by atoms with Crippen LogP contribution in [-0.2, 0) is 47.2 Å². The standard InChI is InChI=1S/C21H23N3O2S.C21H16N2O2S.C20H15NO2.C19H15NOS.C16H17N3O4.C10H14N2OS3.C10H9NO/c1-4-22-14-13-15(16-9-7-8-10-18(16)22)11-12-17-19(25)23(5-2)21(27)24(6-3)20(17)26;1-23-17-12-6-7-13-18(17)26-19(23)14-8-5-11-16-20(22-25-21(16)24)15-9-3-2-4-10-15;1-2-21-16-10-6-3-7-13(16)11-12-17(21)18-19(22)14-8-4-5-9-15(14)20(18)23;1-2-20-15-9-5-3-7-13(15)11-12-16(20)19-18(21)14-8-4-6-10-17(14)22-19;1-4-18-13(20)12(14(21)19(5-2)16(18)22)15-17(3)10-8-6-7-9-11(10)23-15;1-3-11-5-6-15-9(11)7-8(13)12(4-2)10(14)16-7;1-11-6-5-8-3-2-4-10(12)9(8)7-11/h7-14H,4-6H2,1-3H3;2-14H,1H3;3-12H,2H2,1H3;3-12H,2H2,1H3;6-9H,4-5H2,1-3H3;3-6H2,1-2H3;2-7H,1H3/p+1/b15-11+;8-5+,16-11+,19-14-;;19-16-;;9-7+;. The summed E-state index contributed by atoms with van der Waals surface area (Å²) in [5, 5.41) is 18.1. The molecule has 149 heavy (non-hydrogen) atoms. The van der Waals surface area contributed by atoms with E-state index in [1.54, 1.807) is 108 Å². The summed E-state index contributed by atoms with van der Waals surface area (Å²) in [4.78, 5) is 150. The highest BCUT2D eigenvalue weighted by atomic mass is 32.2. The molecule has 13 aliphatic rings. The van der Waals surface area contributed by atoms with Crippen LogP contribution in [0.3, 0.4) is 0 Å². The number of carbonyl (C=O) groups excluding carboxylic acids is 9. The van der Waals surface area contributed by atoms with Crippen molar-refractivity contribution in [3.05, 3.63) is 401 Å². The van der Waals surface area contributed by atoms with Gasteiger partial charge in [0, 0.05) is 176 Å². The second kappa shape index (κ2) is 47.9. The smallest absolute Gasteiger partial charge is 0.368 e. The van der Waals surface area contributed by atoms with Gasteiger partial charge < -0.3 is 43.7 Å². The van der Waals surface area contributed by atoms with E-state index in [9.17, 15) is 53.1 Å². The van der Waals surface area contributed by atoms with Gasteiger partial charge in [0.2, 0.25) is 28.7 Å². The van der Waals surface area contributed by atoms with Crippen LogP contribution in [-0.4, -0.2) is 186 Å². The SMILES string of the molecule is CCN1/C(=C2\Sc3ccccc3C2=O)C=Cc2ccccc21.CCN1C(=O)/C(=C2\SCCN2CC)SC1=S.CCN1C(=O)C(=C/C=C2\C=CN(CC)c3ccccc32)C(=O)N(CC)C1=S.CCN1C(=O)C(=C2Oc3ccccc3N2C)C(=O)N(CC)C1=O.CC[n+]1c(C2=C(O)c3ccccc3C2=O)ccc2ccccc21.CN1/C(=C/C=C/C=C2/C(=O)ON=C2c2ccccc2)Sc2ccccc21.Cn1ccc2cccc(=O)c-2c1. The van der Waals surface area contributed by atoms with Gasteiger partial charge in [-0.1, -0.05) is 229 Å². The number of rotatable bonds is 14. The summed E-state index contributed by atoms with van der Waals surface area (Å²) < 4.78 is 10.4. The maximum Gasteiger partial charge on any atom is 0.368 e. The average Bonchev–Trinajstić information content (AvgIpc) is 1.62. The third-order valence-electron chi connectivity index (χ3n) is 25.9. The Labute approximate surface area is 893 Å². The quantitative estimate of drug-likeness (QED) is 0.0348. The fourth-order valence-electron chi connectivity index (χ4n) is 18.2. The molecule has 32 heteroatoms. The van der Waals surface area contributed by atoms with Crippen molar-refractivity contribution in [2.24, 2.45) is 12.2 Å². The molecule has 2 aliphatic carbocycles. The van der Waals surface area contributed by atoms with Crippen LogP contribution >= 0.6 is 71.5 Å². The van der Waals surface area contributed by atoms with Crippen LogP contribution in [0.1, 0.15) is 111 Å².